The van der Waals surface area contributed by atoms with E-state index in [-0.39, 0.29) is 0 Å². The molecule has 48 valence electrons. The monoisotopic (exact) mass is 122 g/mol. The van der Waals surface area contributed by atoms with Crippen LogP contribution in [-0.4, -0.2) is 6.04 Å². The van der Waals surface area contributed by atoms with Crippen LogP contribution in [0, 0.1) is 11.3 Å². The van der Waals surface area contributed by atoms with Gasteiger partial charge in [-0.2, -0.15) is 5.26 Å². The Morgan fingerprint density at radius 3 is 2.78 bits per heavy atom. The van der Waals surface area contributed by atoms with Gasteiger partial charge in [-0.05, 0) is 19.3 Å². The molecule has 0 aromatic heterocycles. The Hall–Kier alpha value is -0.970. The summed E-state index contributed by atoms with van der Waals surface area (Å²) >= 11 is 0. The average molecular weight is 122 g/mol. The van der Waals surface area contributed by atoms with Crippen LogP contribution < -0.4 is 5.32 Å². The van der Waals surface area contributed by atoms with Gasteiger partial charge in [0.1, 0.15) is 0 Å². The van der Waals surface area contributed by atoms with Crippen LogP contribution in [0.15, 0.2) is 12.3 Å². The van der Waals surface area contributed by atoms with Gasteiger partial charge in [-0.15, -0.1) is 0 Å². The molecule has 0 aliphatic heterocycles. The summed E-state index contributed by atoms with van der Waals surface area (Å²) in [6.07, 6.45) is 7.05. The van der Waals surface area contributed by atoms with Gasteiger partial charge in [0.2, 0.25) is 0 Å². The van der Waals surface area contributed by atoms with Crippen molar-refractivity contribution in [1.82, 2.24) is 5.32 Å². The highest BCUT2D eigenvalue weighted by molar-refractivity contribution is 5.01. The van der Waals surface area contributed by atoms with E-state index in [2.05, 4.69) is 5.32 Å². The molecule has 0 heterocycles. The van der Waals surface area contributed by atoms with E-state index in [0.717, 1.165) is 0 Å². The third-order valence-corrected chi connectivity index (χ3v) is 1.59. The number of hydrogen-bond acceptors (Lipinski definition) is 2. The van der Waals surface area contributed by atoms with Gasteiger partial charge in [-0.25, -0.2) is 0 Å². The molecule has 0 unspecified atom stereocenters. The molecule has 1 aliphatic rings. The van der Waals surface area contributed by atoms with Crippen LogP contribution in [-0.2, 0) is 0 Å². The van der Waals surface area contributed by atoms with Crippen LogP contribution >= 0.6 is 0 Å². The van der Waals surface area contributed by atoms with Crippen LogP contribution in [0.2, 0.25) is 0 Å². The zero-order valence-electron chi connectivity index (χ0n) is 5.30. The highest BCUT2D eigenvalue weighted by Crippen LogP contribution is 2.17. The summed E-state index contributed by atoms with van der Waals surface area (Å²) in [6, 6.07) is 2.58. The Balaban J connectivity index is 2.05. The first-order valence-electron chi connectivity index (χ1n) is 3.24. The smallest absolute Gasteiger partial charge is 0.0927 e. The van der Waals surface area contributed by atoms with Gasteiger partial charge in [-0.3, -0.25) is 0 Å². The van der Waals surface area contributed by atoms with Crippen molar-refractivity contribution in [2.45, 2.75) is 25.3 Å². The van der Waals surface area contributed by atoms with Gasteiger partial charge in [0.15, 0.2) is 0 Å². The maximum atomic E-state index is 8.09. The third-order valence-electron chi connectivity index (χ3n) is 1.59. The molecule has 0 spiro atoms. The summed E-state index contributed by atoms with van der Waals surface area (Å²) in [6.45, 7) is 0. The Morgan fingerprint density at radius 1 is 1.56 bits per heavy atom. The molecule has 0 amide bonds. The number of nitriles is 1. The quantitative estimate of drug-likeness (QED) is 0.558. The van der Waals surface area contributed by atoms with Gasteiger partial charge >= 0.3 is 0 Å². The predicted octanol–water partition coefficient (Wildman–Crippen LogP) is 1.17. The van der Waals surface area contributed by atoms with Crippen molar-refractivity contribution in [1.29, 1.82) is 5.26 Å². The zero-order chi connectivity index (χ0) is 6.53. The summed E-state index contributed by atoms with van der Waals surface area (Å²) in [4.78, 5) is 0. The van der Waals surface area contributed by atoms with Crippen LogP contribution in [0.4, 0.5) is 0 Å². The van der Waals surface area contributed by atoms with E-state index in [9.17, 15) is 0 Å². The highest BCUT2D eigenvalue weighted by atomic mass is 14.9. The zero-order valence-corrected chi connectivity index (χ0v) is 5.30. The molecule has 1 aliphatic carbocycles. The molecular formula is C7H10N2. The Bertz CT molecular complexity index is 139. The molecule has 0 radical (unpaired) electrons. The molecule has 0 atom stereocenters. The van der Waals surface area contributed by atoms with Crippen LogP contribution in [0.1, 0.15) is 19.3 Å². The maximum absolute atomic E-state index is 8.09. The minimum Gasteiger partial charge on any atom is -0.388 e. The summed E-state index contributed by atoms with van der Waals surface area (Å²) in [5.41, 5.74) is 0. The minimum absolute atomic E-state index is 0.648. The number of rotatable bonds is 2. The first kappa shape index (κ1) is 6.15. The first-order chi connectivity index (χ1) is 4.43. The van der Waals surface area contributed by atoms with Crippen molar-refractivity contribution in [2.24, 2.45) is 0 Å². The minimum atomic E-state index is 0.648. The number of hydrogen-bond donors (Lipinski definition) is 1. The van der Waals surface area contributed by atoms with Crippen molar-refractivity contribution >= 4 is 0 Å². The maximum Gasteiger partial charge on any atom is 0.0927 e. The topological polar surface area (TPSA) is 35.8 Å². The summed E-state index contributed by atoms with van der Waals surface area (Å²) in [5.74, 6) is 0. The second-order valence-corrected chi connectivity index (χ2v) is 2.26. The van der Waals surface area contributed by atoms with E-state index >= 15 is 0 Å². The van der Waals surface area contributed by atoms with Gasteiger partial charge in [0, 0.05) is 18.3 Å². The molecule has 1 saturated carbocycles. The molecule has 0 aromatic rings. The largest absolute Gasteiger partial charge is 0.388 e. The SMILES string of the molecule is N#C/C=C/NC1CCC1. The lowest BCUT2D eigenvalue weighted by atomic mass is 9.93. The number of allylic oxidation sites excluding steroid dienone is 1. The van der Waals surface area contributed by atoms with Gasteiger partial charge in [-0.1, -0.05) is 0 Å². The molecule has 2 heteroatoms. The lowest BCUT2D eigenvalue weighted by Crippen LogP contribution is -2.30. The van der Waals surface area contributed by atoms with Crippen LogP contribution in [0.5, 0.6) is 0 Å². The fourth-order valence-corrected chi connectivity index (χ4v) is 0.796. The van der Waals surface area contributed by atoms with E-state index in [1.54, 1.807) is 6.20 Å². The Labute approximate surface area is 55.2 Å². The molecule has 0 bridgehead atoms. The van der Waals surface area contributed by atoms with Gasteiger partial charge in [0.25, 0.3) is 0 Å². The van der Waals surface area contributed by atoms with Crippen molar-refractivity contribution < 1.29 is 0 Å². The fraction of sp³-hybridized carbons (Fsp3) is 0.571. The van der Waals surface area contributed by atoms with E-state index in [4.69, 9.17) is 5.26 Å². The number of nitrogens with zero attached hydrogens (tertiary/aromatic N) is 1. The molecule has 1 rings (SSSR count). The summed E-state index contributed by atoms with van der Waals surface area (Å²) in [7, 11) is 0. The van der Waals surface area contributed by atoms with Crippen molar-refractivity contribution in [3.05, 3.63) is 12.3 Å². The first-order valence-corrected chi connectivity index (χ1v) is 3.24. The molecule has 1 N–H and O–H groups in total. The van der Waals surface area contributed by atoms with E-state index in [0.29, 0.717) is 6.04 Å². The standard InChI is InChI=1S/C7H10N2/c8-5-2-6-9-7-3-1-4-7/h2,6-7,9H,1,3-4H2/b6-2+. The third kappa shape index (κ3) is 1.77. The number of nitrogens with one attached hydrogen (secondary N) is 1. The highest BCUT2D eigenvalue weighted by Gasteiger charge is 2.14. The average Bonchev–Trinajstić information content (AvgIpc) is 1.76. The second kappa shape index (κ2) is 3.13. The lowest BCUT2D eigenvalue weighted by Gasteiger charge is -2.25. The molecule has 2 nitrogen and oxygen atoms in total. The fourth-order valence-electron chi connectivity index (χ4n) is 0.796. The van der Waals surface area contributed by atoms with Gasteiger partial charge in [0.05, 0.1) is 6.07 Å². The predicted molar refractivity (Wildman–Crippen MR) is 35.5 cm³/mol. The van der Waals surface area contributed by atoms with Crippen molar-refractivity contribution in [3.63, 3.8) is 0 Å². The van der Waals surface area contributed by atoms with E-state index in [1.165, 1.54) is 25.3 Å². The molecule has 0 saturated heterocycles. The molecular weight excluding hydrogens is 112 g/mol. The van der Waals surface area contributed by atoms with Crippen LogP contribution in [0.3, 0.4) is 0 Å². The second-order valence-electron chi connectivity index (χ2n) is 2.26. The van der Waals surface area contributed by atoms with E-state index < -0.39 is 0 Å². The van der Waals surface area contributed by atoms with Crippen LogP contribution in [0.25, 0.3) is 0 Å². The summed E-state index contributed by atoms with van der Waals surface area (Å²) < 4.78 is 0. The Morgan fingerprint density at radius 2 is 2.33 bits per heavy atom. The van der Waals surface area contributed by atoms with E-state index in [1.807, 2.05) is 6.07 Å². The molecule has 0 aromatic carbocycles. The van der Waals surface area contributed by atoms with Crippen molar-refractivity contribution in [3.8, 4) is 6.07 Å². The van der Waals surface area contributed by atoms with Gasteiger partial charge < -0.3 is 5.32 Å². The molecule has 1 fully saturated rings. The van der Waals surface area contributed by atoms with Crippen molar-refractivity contribution in [2.75, 3.05) is 0 Å². The lowest BCUT2D eigenvalue weighted by molar-refractivity contribution is 0.373. The Kier molecular flexibility index (Phi) is 2.14. The summed E-state index contributed by atoms with van der Waals surface area (Å²) in [5, 5.41) is 11.2. The molecule has 9 heavy (non-hydrogen) atoms. The normalized spacial score (nSPS) is 19.0.